The Bertz CT molecular complexity index is 1040. The lowest BCUT2D eigenvalue weighted by Gasteiger charge is -2.32. The minimum Gasteiger partial charge on any atom is -0.383 e. The average Bonchev–Trinajstić information content (AvgIpc) is 2.71. The molecule has 3 aromatic rings. The number of likely N-dealkylation sites (tertiary alicyclic amines) is 1. The highest BCUT2D eigenvalue weighted by Crippen LogP contribution is 2.25. The second kappa shape index (κ2) is 8.05. The van der Waals surface area contributed by atoms with Crippen molar-refractivity contribution < 1.29 is 9.53 Å². The highest BCUT2D eigenvalue weighted by atomic mass is 16.5. The van der Waals surface area contributed by atoms with Crippen molar-refractivity contribution in [3.8, 4) is 0 Å². The van der Waals surface area contributed by atoms with Crippen LogP contribution in [0.3, 0.4) is 0 Å². The van der Waals surface area contributed by atoms with Gasteiger partial charge in [-0.2, -0.15) is 4.98 Å². The number of carbonyl (C=O) groups excluding carboxylic acids is 1. The zero-order valence-electron chi connectivity index (χ0n) is 16.5. The van der Waals surface area contributed by atoms with Crippen molar-refractivity contribution in [2.75, 3.05) is 24.6 Å². The van der Waals surface area contributed by atoms with Crippen molar-refractivity contribution in [1.82, 2.24) is 14.9 Å². The number of nitrogens with zero attached hydrogens (tertiary/aromatic N) is 3. The van der Waals surface area contributed by atoms with E-state index in [-0.39, 0.29) is 18.0 Å². The monoisotopic (exact) mass is 391 g/mol. The maximum absolute atomic E-state index is 12.7. The van der Waals surface area contributed by atoms with Crippen molar-refractivity contribution >= 4 is 28.6 Å². The number of benzene rings is 2. The molecule has 0 bridgehead atoms. The number of aromatic nitrogens is 2. The van der Waals surface area contributed by atoms with E-state index in [1.807, 2.05) is 54.3 Å². The summed E-state index contributed by atoms with van der Waals surface area (Å²) in [7, 11) is 0. The standard InChI is InChI=1S/C22H25N5O2/c1-14-4-2-5-15(12-14)21(28)27-10-8-17(9-11-27)29-13-16-6-3-7-18-19(16)20(23)26-22(24)25-18/h2-7,12,17H,8-11,13H2,1H3,(H4,23,24,25,26). The van der Waals surface area contributed by atoms with Crippen molar-refractivity contribution in [3.63, 3.8) is 0 Å². The first-order valence-electron chi connectivity index (χ1n) is 9.79. The molecule has 2 heterocycles. The number of hydrogen-bond acceptors (Lipinski definition) is 6. The van der Waals surface area contributed by atoms with Gasteiger partial charge < -0.3 is 21.1 Å². The molecule has 0 unspecified atom stereocenters. The van der Waals surface area contributed by atoms with Crippen LogP contribution < -0.4 is 11.5 Å². The fraction of sp³-hybridized carbons (Fsp3) is 0.318. The normalized spacial score (nSPS) is 15.0. The highest BCUT2D eigenvalue weighted by Gasteiger charge is 2.24. The Hall–Kier alpha value is -3.19. The van der Waals surface area contributed by atoms with E-state index < -0.39 is 0 Å². The van der Waals surface area contributed by atoms with Crippen molar-refractivity contribution in [1.29, 1.82) is 0 Å². The smallest absolute Gasteiger partial charge is 0.253 e. The SMILES string of the molecule is Cc1cccc(C(=O)N2CCC(OCc3cccc4nc(N)nc(N)c34)CC2)c1. The van der Waals surface area contributed by atoms with Gasteiger partial charge in [-0.3, -0.25) is 4.79 Å². The third kappa shape index (κ3) is 4.14. The van der Waals surface area contributed by atoms with Gasteiger partial charge in [0.15, 0.2) is 0 Å². The van der Waals surface area contributed by atoms with E-state index >= 15 is 0 Å². The molecule has 1 aliphatic heterocycles. The summed E-state index contributed by atoms with van der Waals surface area (Å²) in [5.41, 5.74) is 15.2. The molecule has 29 heavy (non-hydrogen) atoms. The molecule has 1 saturated heterocycles. The quantitative estimate of drug-likeness (QED) is 0.708. The molecule has 0 saturated carbocycles. The predicted molar refractivity (Wildman–Crippen MR) is 113 cm³/mol. The molecule has 7 heteroatoms. The van der Waals surface area contributed by atoms with E-state index in [2.05, 4.69) is 9.97 Å². The molecular formula is C22H25N5O2. The van der Waals surface area contributed by atoms with E-state index in [9.17, 15) is 4.79 Å². The van der Waals surface area contributed by atoms with Crippen LogP contribution in [0.1, 0.15) is 34.3 Å². The third-order valence-electron chi connectivity index (χ3n) is 5.32. The first kappa shape index (κ1) is 19.1. The topological polar surface area (TPSA) is 107 Å². The van der Waals surface area contributed by atoms with Crippen LogP contribution in [0.25, 0.3) is 10.9 Å². The molecule has 7 nitrogen and oxygen atoms in total. The Labute approximate surface area is 169 Å². The minimum atomic E-state index is 0.0868. The Morgan fingerprint density at radius 1 is 1.14 bits per heavy atom. The molecule has 4 N–H and O–H groups in total. The van der Waals surface area contributed by atoms with Crippen LogP contribution in [0.15, 0.2) is 42.5 Å². The Morgan fingerprint density at radius 2 is 1.90 bits per heavy atom. The molecular weight excluding hydrogens is 366 g/mol. The maximum Gasteiger partial charge on any atom is 0.253 e. The van der Waals surface area contributed by atoms with Gasteiger partial charge in [-0.1, -0.05) is 29.8 Å². The van der Waals surface area contributed by atoms with Gasteiger partial charge in [-0.25, -0.2) is 4.98 Å². The highest BCUT2D eigenvalue weighted by molar-refractivity contribution is 5.94. The molecule has 2 aromatic carbocycles. The molecule has 150 valence electrons. The largest absolute Gasteiger partial charge is 0.383 e. The summed E-state index contributed by atoms with van der Waals surface area (Å²) < 4.78 is 6.13. The number of amides is 1. The second-order valence-corrected chi connectivity index (χ2v) is 7.45. The number of nitrogen functional groups attached to an aromatic ring is 2. The van der Waals surface area contributed by atoms with E-state index in [1.165, 1.54) is 0 Å². The van der Waals surface area contributed by atoms with Crippen molar-refractivity contribution in [2.24, 2.45) is 0 Å². The van der Waals surface area contributed by atoms with Crippen LogP contribution in [0.2, 0.25) is 0 Å². The molecule has 1 aliphatic rings. The maximum atomic E-state index is 12.7. The zero-order chi connectivity index (χ0) is 20.4. The fourth-order valence-corrected chi connectivity index (χ4v) is 3.82. The number of fused-ring (bicyclic) bond motifs is 1. The predicted octanol–water partition coefficient (Wildman–Crippen LogP) is 2.92. The summed E-state index contributed by atoms with van der Waals surface area (Å²) in [4.78, 5) is 22.9. The molecule has 4 rings (SSSR count). The van der Waals surface area contributed by atoms with Crippen LogP contribution >= 0.6 is 0 Å². The summed E-state index contributed by atoms with van der Waals surface area (Å²) >= 11 is 0. The van der Waals surface area contributed by atoms with E-state index in [1.54, 1.807) is 0 Å². The van der Waals surface area contributed by atoms with Crippen LogP contribution in [0, 0.1) is 6.92 Å². The van der Waals surface area contributed by atoms with Gasteiger partial charge in [0.05, 0.1) is 18.2 Å². The van der Waals surface area contributed by atoms with Gasteiger partial charge in [0.1, 0.15) is 5.82 Å². The number of rotatable bonds is 4. The van der Waals surface area contributed by atoms with Gasteiger partial charge >= 0.3 is 0 Å². The number of nitrogens with two attached hydrogens (primary N) is 2. The van der Waals surface area contributed by atoms with E-state index in [0.29, 0.717) is 25.5 Å². The fourth-order valence-electron chi connectivity index (χ4n) is 3.82. The Kier molecular flexibility index (Phi) is 5.31. The van der Waals surface area contributed by atoms with Crippen LogP contribution in [0.4, 0.5) is 11.8 Å². The zero-order valence-corrected chi connectivity index (χ0v) is 16.5. The first-order chi connectivity index (χ1) is 14.0. The summed E-state index contributed by atoms with van der Waals surface area (Å²) in [6.07, 6.45) is 1.71. The molecule has 0 aliphatic carbocycles. The van der Waals surface area contributed by atoms with Gasteiger partial charge in [0, 0.05) is 24.0 Å². The minimum absolute atomic E-state index is 0.0868. The van der Waals surface area contributed by atoms with Crippen molar-refractivity contribution in [3.05, 3.63) is 59.2 Å². The molecule has 1 amide bonds. The van der Waals surface area contributed by atoms with Crippen LogP contribution in [0.5, 0.6) is 0 Å². The number of aryl methyl sites for hydroxylation is 1. The number of piperidine rings is 1. The molecule has 1 fully saturated rings. The molecule has 1 aromatic heterocycles. The van der Waals surface area contributed by atoms with E-state index in [4.69, 9.17) is 16.2 Å². The van der Waals surface area contributed by atoms with Crippen LogP contribution in [-0.4, -0.2) is 40.0 Å². The number of hydrogen-bond donors (Lipinski definition) is 2. The number of ether oxygens (including phenoxy) is 1. The number of carbonyl (C=O) groups is 1. The summed E-state index contributed by atoms with van der Waals surface area (Å²) in [6.45, 7) is 3.80. The van der Waals surface area contributed by atoms with Gasteiger partial charge in [-0.05, 0) is 43.5 Å². The number of anilines is 2. The summed E-state index contributed by atoms with van der Waals surface area (Å²) in [6, 6.07) is 13.5. The van der Waals surface area contributed by atoms with E-state index in [0.717, 1.165) is 40.4 Å². The van der Waals surface area contributed by atoms with Gasteiger partial charge in [-0.15, -0.1) is 0 Å². The lowest BCUT2D eigenvalue weighted by atomic mass is 10.0. The second-order valence-electron chi connectivity index (χ2n) is 7.45. The average molecular weight is 391 g/mol. The Morgan fingerprint density at radius 3 is 2.66 bits per heavy atom. The van der Waals surface area contributed by atoms with Gasteiger partial charge in [0.25, 0.3) is 5.91 Å². The first-order valence-corrected chi connectivity index (χ1v) is 9.79. The third-order valence-corrected chi connectivity index (χ3v) is 5.32. The van der Waals surface area contributed by atoms with Crippen molar-refractivity contribution in [2.45, 2.75) is 32.5 Å². The molecule has 0 radical (unpaired) electrons. The molecule has 0 spiro atoms. The van der Waals surface area contributed by atoms with Gasteiger partial charge in [0.2, 0.25) is 5.95 Å². The molecule has 0 atom stereocenters. The lowest BCUT2D eigenvalue weighted by molar-refractivity contribution is 0.0000369. The van der Waals surface area contributed by atoms with Crippen LogP contribution in [-0.2, 0) is 11.3 Å². The lowest BCUT2D eigenvalue weighted by Crippen LogP contribution is -2.40. The summed E-state index contributed by atoms with van der Waals surface area (Å²) in [5.74, 6) is 0.618. The summed E-state index contributed by atoms with van der Waals surface area (Å²) in [5, 5.41) is 0.786. The Balaban J connectivity index is 1.37.